The number of nitrogens with zero attached hydrogens (tertiary/aromatic N) is 4. The van der Waals surface area contributed by atoms with E-state index >= 15 is 0 Å². The van der Waals surface area contributed by atoms with Gasteiger partial charge in [-0.25, -0.2) is 9.50 Å². The van der Waals surface area contributed by atoms with E-state index in [-0.39, 0.29) is 11.4 Å². The molecule has 0 bridgehead atoms. The summed E-state index contributed by atoms with van der Waals surface area (Å²) in [6, 6.07) is 0. The van der Waals surface area contributed by atoms with E-state index in [0.29, 0.717) is 18.6 Å². The molecule has 21 heavy (non-hydrogen) atoms. The first-order valence-corrected chi connectivity index (χ1v) is 7.45. The molecule has 2 heterocycles. The van der Waals surface area contributed by atoms with E-state index in [1.165, 1.54) is 12.7 Å². The van der Waals surface area contributed by atoms with Gasteiger partial charge >= 0.3 is 0 Å². The summed E-state index contributed by atoms with van der Waals surface area (Å²) in [4.78, 5) is 20.6. The number of aryl methyl sites for hydroxylation is 2. The van der Waals surface area contributed by atoms with Crippen molar-refractivity contribution in [2.45, 2.75) is 58.4 Å². The minimum atomic E-state index is 0.0231. The van der Waals surface area contributed by atoms with Gasteiger partial charge in [0.1, 0.15) is 6.33 Å². The van der Waals surface area contributed by atoms with Crippen LogP contribution in [0.4, 0.5) is 0 Å². The molecule has 0 aliphatic heterocycles. The summed E-state index contributed by atoms with van der Waals surface area (Å²) in [5.74, 6) is 0.731. The molecule has 2 aromatic rings. The van der Waals surface area contributed by atoms with Crippen molar-refractivity contribution in [1.82, 2.24) is 24.9 Å². The maximum absolute atomic E-state index is 12.1. The second-order valence-corrected chi connectivity index (χ2v) is 6.20. The van der Waals surface area contributed by atoms with Crippen molar-refractivity contribution in [3.63, 3.8) is 0 Å². The number of fused-ring (bicyclic) bond motifs is 1. The fourth-order valence-electron chi connectivity index (χ4n) is 2.99. The molecule has 0 aromatic carbocycles. The normalized spacial score (nSPS) is 16.7. The number of aromatic nitrogens is 4. The van der Waals surface area contributed by atoms with Crippen LogP contribution in [0, 0.1) is 13.8 Å². The molecule has 0 radical (unpaired) electrons. The van der Waals surface area contributed by atoms with Gasteiger partial charge in [-0.2, -0.15) is 10.1 Å². The average Bonchev–Trinajstić information content (AvgIpc) is 2.84. The van der Waals surface area contributed by atoms with Crippen LogP contribution >= 0.6 is 0 Å². The van der Waals surface area contributed by atoms with Crippen LogP contribution in [0.2, 0.25) is 0 Å². The third kappa shape index (κ3) is 2.62. The minimum Gasteiger partial charge on any atom is -0.351 e. The van der Waals surface area contributed by atoms with Crippen molar-refractivity contribution in [2.24, 2.45) is 0 Å². The van der Waals surface area contributed by atoms with Crippen LogP contribution in [-0.4, -0.2) is 31.0 Å². The van der Waals surface area contributed by atoms with E-state index in [1.54, 1.807) is 4.52 Å². The van der Waals surface area contributed by atoms with Crippen molar-refractivity contribution in [3.05, 3.63) is 23.3 Å². The van der Waals surface area contributed by atoms with E-state index in [0.717, 1.165) is 29.8 Å². The number of carbonyl (C=O) groups is 1. The van der Waals surface area contributed by atoms with Crippen molar-refractivity contribution in [1.29, 1.82) is 0 Å². The number of carbonyl (C=O) groups excluding carboxylic acids is 1. The van der Waals surface area contributed by atoms with Gasteiger partial charge in [0.2, 0.25) is 5.91 Å². The van der Waals surface area contributed by atoms with E-state index in [1.807, 2.05) is 13.8 Å². The summed E-state index contributed by atoms with van der Waals surface area (Å²) >= 11 is 0. The quantitative estimate of drug-likeness (QED) is 0.929. The standard InChI is InChI=1S/C15H21N5O/c1-10-12(11(2)20-14(18-10)16-9-17-20)5-6-13(21)19-15(3)7-4-8-15/h9H,4-8H2,1-3H3,(H,19,21). The highest BCUT2D eigenvalue weighted by molar-refractivity contribution is 5.77. The Morgan fingerprint density at radius 2 is 2.19 bits per heavy atom. The molecule has 1 aliphatic carbocycles. The molecule has 3 rings (SSSR count). The Morgan fingerprint density at radius 3 is 2.86 bits per heavy atom. The molecule has 6 nitrogen and oxygen atoms in total. The summed E-state index contributed by atoms with van der Waals surface area (Å²) in [7, 11) is 0. The molecular weight excluding hydrogens is 266 g/mol. The van der Waals surface area contributed by atoms with E-state index in [4.69, 9.17) is 0 Å². The van der Waals surface area contributed by atoms with Gasteiger partial charge in [-0.05, 0) is 52.0 Å². The molecule has 1 fully saturated rings. The lowest BCUT2D eigenvalue weighted by Gasteiger charge is -2.39. The molecule has 1 aliphatic rings. The molecular formula is C15H21N5O. The Labute approximate surface area is 124 Å². The molecule has 1 N–H and O–H groups in total. The van der Waals surface area contributed by atoms with Crippen LogP contribution in [0.3, 0.4) is 0 Å². The fourth-order valence-corrected chi connectivity index (χ4v) is 2.99. The number of rotatable bonds is 4. The number of amides is 1. The van der Waals surface area contributed by atoms with Crippen LogP contribution in [0.5, 0.6) is 0 Å². The van der Waals surface area contributed by atoms with Gasteiger partial charge in [0, 0.05) is 23.3 Å². The minimum absolute atomic E-state index is 0.0231. The topological polar surface area (TPSA) is 72.2 Å². The molecule has 0 spiro atoms. The maximum atomic E-state index is 12.1. The van der Waals surface area contributed by atoms with Crippen molar-refractivity contribution < 1.29 is 4.79 Å². The van der Waals surface area contributed by atoms with E-state index in [9.17, 15) is 4.79 Å². The highest BCUT2D eigenvalue weighted by Gasteiger charge is 2.32. The first-order valence-electron chi connectivity index (χ1n) is 7.45. The van der Waals surface area contributed by atoms with Crippen LogP contribution in [-0.2, 0) is 11.2 Å². The Morgan fingerprint density at radius 1 is 1.43 bits per heavy atom. The van der Waals surface area contributed by atoms with Gasteiger partial charge in [0.15, 0.2) is 0 Å². The molecule has 1 amide bonds. The van der Waals surface area contributed by atoms with Gasteiger partial charge in [-0.3, -0.25) is 4.79 Å². The molecule has 0 unspecified atom stereocenters. The lowest BCUT2D eigenvalue weighted by atomic mass is 9.78. The van der Waals surface area contributed by atoms with Crippen molar-refractivity contribution in [3.8, 4) is 0 Å². The van der Waals surface area contributed by atoms with Gasteiger partial charge in [0.25, 0.3) is 5.78 Å². The fraction of sp³-hybridized carbons (Fsp3) is 0.600. The summed E-state index contributed by atoms with van der Waals surface area (Å²) in [5.41, 5.74) is 3.05. The summed E-state index contributed by atoms with van der Waals surface area (Å²) in [5, 5.41) is 7.31. The Balaban J connectivity index is 1.71. The summed E-state index contributed by atoms with van der Waals surface area (Å²) in [6.07, 6.45) is 6.05. The van der Waals surface area contributed by atoms with Crippen LogP contribution < -0.4 is 5.32 Å². The molecule has 2 aromatic heterocycles. The lowest BCUT2D eigenvalue weighted by molar-refractivity contribution is -0.123. The highest BCUT2D eigenvalue weighted by Crippen LogP contribution is 2.31. The smallest absolute Gasteiger partial charge is 0.252 e. The molecule has 0 saturated heterocycles. The third-order valence-electron chi connectivity index (χ3n) is 4.49. The summed E-state index contributed by atoms with van der Waals surface area (Å²) < 4.78 is 1.73. The van der Waals surface area contributed by atoms with Gasteiger partial charge in [-0.1, -0.05) is 0 Å². The Kier molecular flexibility index (Phi) is 3.39. The van der Waals surface area contributed by atoms with E-state index < -0.39 is 0 Å². The lowest BCUT2D eigenvalue weighted by Crippen LogP contribution is -2.51. The first kappa shape index (κ1) is 14.0. The number of hydrogen-bond donors (Lipinski definition) is 1. The zero-order chi connectivity index (χ0) is 15.0. The maximum Gasteiger partial charge on any atom is 0.252 e. The van der Waals surface area contributed by atoms with Gasteiger partial charge in [0.05, 0.1) is 0 Å². The van der Waals surface area contributed by atoms with Crippen molar-refractivity contribution >= 4 is 11.7 Å². The second-order valence-electron chi connectivity index (χ2n) is 6.20. The number of nitrogens with one attached hydrogen (secondary N) is 1. The van der Waals surface area contributed by atoms with Gasteiger partial charge in [-0.15, -0.1) is 0 Å². The zero-order valence-corrected chi connectivity index (χ0v) is 12.8. The van der Waals surface area contributed by atoms with Crippen LogP contribution in [0.25, 0.3) is 5.78 Å². The Bertz CT molecular complexity index is 687. The Hall–Kier alpha value is -1.98. The highest BCUT2D eigenvalue weighted by atomic mass is 16.1. The average molecular weight is 287 g/mol. The third-order valence-corrected chi connectivity index (χ3v) is 4.49. The first-order chi connectivity index (χ1) is 9.98. The SMILES string of the molecule is Cc1nc2ncnn2c(C)c1CCC(=O)NC1(C)CCC1. The van der Waals surface area contributed by atoms with Crippen molar-refractivity contribution in [2.75, 3.05) is 0 Å². The zero-order valence-electron chi connectivity index (χ0n) is 12.8. The van der Waals surface area contributed by atoms with E-state index in [2.05, 4.69) is 27.3 Å². The van der Waals surface area contributed by atoms with Crippen LogP contribution in [0.1, 0.15) is 49.6 Å². The van der Waals surface area contributed by atoms with Crippen LogP contribution in [0.15, 0.2) is 6.33 Å². The number of hydrogen-bond acceptors (Lipinski definition) is 4. The summed E-state index contributed by atoms with van der Waals surface area (Å²) in [6.45, 7) is 6.08. The van der Waals surface area contributed by atoms with Gasteiger partial charge < -0.3 is 5.32 Å². The largest absolute Gasteiger partial charge is 0.351 e. The predicted molar refractivity (Wildman–Crippen MR) is 79.0 cm³/mol. The monoisotopic (exact) mass is 287 g/mol. The molecule has 6 heteroatoms. The predicted octanol–water partition coefficient (Wildman–Crippen LogP) is 1.73. The molecule has 112 valence electrons. The second kappa shape index (κ2) is 5.09. The molecule has 0 atom stereocenters. The molecule has 1 saturated carbocycles.